The molecule has 0 fully saturated rings. The summed E-state index contributed by atoms with van der Waals surface area (Å²) in [7, 11) is 0. The van der Waals surface area contributed by atoms with E-state index in [-0.39, 0.29) is 24.5 Å². The van der Waals surface area contributed by atoms with Crippen LogP contribution in [0.15, 0.2) is 0 Å². The maximum atomic E-state index is 12.3. The lowest BCUT2D eigenvalue weighted by molar-refractivity contribution is -0.946. The highest BCUT2D eigenvalue weighted by atomic mass is 35.5. The fourth-order valence-electron chi connectivity index (χ4n) is 4.59. The molecule has 3 nitrogen and oxygen atoms in total. The molecule has 1 N–H and O–H groups in total. The molecule has 0 aliphatic carbocycles. The van der Waals surface area contributed by atoms with Gasteiger partial charge in [0.2, 0.25) is 5.91 Å². The lowest BCUT2D eigenvalue weighted by Gasteiger charge is -2.41. The topological polar surface area (TPSA) is 29.1 Å². The number of amides is 1. The van der Waals surface area contributed by atoms with Crippen LogP contribution in [0.5, 0.6) is 0 Å². The van der Waals surface area contributed by atoms with Crippen LogP contribution in [0.25, 0.3) is 0 Å². The Balaban J connectivity index is 0. The Morgan fingerprint density at radius 1 is 0.633 bits per heavy atom. The van der Waals surface area contributed by atoms with E-state index < -0.39 is 0 Å². The minimum absolute atomic E-state index is 0. The molecule has 0 rings (SSSR count). The van der Waals surface area contributed by atoms with Crippen LogP contribution >= 0.6 is 0 Å². The molecule has 4 heteroatoms. The largest absolute Gasteiger partial charge is 1.00 e. The van der Waals surface area contributed by atoms with Crippen LogP contribution in [0.2, 0.25) is 0 Å². The molecule has 0 saturated carbocycles. The molecule has 1 atom stereocenters. The maximum absolute atomic E-state index is 12.3. The maximum Gasteiger partial charge on any atom is 0.224 e. The molecular formula is C26H55ClN2O. The lowest BCUT2D eigenvalue weighted by Crippen LogP contribution is -3.00. The third kappa shape index (κ3) is 15.5. The molecule has 0 aromatic heterocycles. The summed E-state index contributed by atoms with van der Waals surface area (Å²) >= 11 is 0. The average molecular weight is 447 g/mol. The Bertz CT molecular complexity index is 364. The number of hydrogen-bond donors (Lipinski definition) is 1. The number of hydrogen-bond acceptors (Lipinski definition) is 1. The van der Waals surface area contributed by atoms with Crippen molar-refractivity contribution in [2.45, 2.75) is 144 Å². The summed E-state index contributed by atoms with van der Waals surface area (Å²) in [6.07, 6.45) is 21.4. The smallest absolute Gasteiger partial charge is 0.224 e. The number of carbonyl (C=O) groups excluding carboxylic acids is 1. The molecule has 0 bridgehead atoms. The van der Waals surface area contributed by atoms with E-state index in [2.05, 4.69) is 39.9 Å². The first kappa shape index (κ1) is 31.9. The minimum atomic E-state index is 0. The summed E-state index contributed by atoms with van der Waals surface area (Å²) in [5, 5.41) is 3.26. The second-order valence-corrected chi connectivity index (χ2v) is 9.11. The van der Waals surface area contributed by atoms with Gasteiger partial charge in [0.1, 0.15) is 0 Å². The van der Waals surface area contributed by atoms with Gasteiger partial charge in [0, 0.05) is 13.3 Å². The summed E-state index contributed by atoms with van der Waals surface area (Å²) < 4.78 is 0.977. The van der Waals surface area contributed by atoms with Crippen molar-refractivity contribution in [1.29, 1.82) is 0 Å². The van der Waals surface area contributed by atoms with Gasteiger partial charge in [-0.1, -0.05) is 96.8 Å². The van der Waals surface area contributed by atoms with Gasteiger partial charge in [0.25, 0.3) is 0 Å². The van der Waals surface area contributed by atoms with Gasteiger partial charge in [0.05, 0.1) is 19.6 Å². The summed E-state index contributed by atoms with van der Waals surface area (Å²) in [4.78, 5) is 12.3. The predicted octanol–water partition coefficient (Wildman–Crippen LogP) is 4.59. The molecule has 0 aromatic carbocycles. The number of rotatable bonds is 21. The Kier molecular flexibility index (Phi) is 23.3. The zero-order valence-corrected chi connectivity index (χ0v) is 22.0. The Morgan fingerprint density at radius 2 is 0.967 bits per heavy atom. The Hall–Kier alpha value is -0.280. The van der Waals surface area contributed by atoms with Crippen molar-refractivity contribution in [2.24, 2.45) is 0 Å². The molecule has 1 unspecified atom stereocenters. The number of carbonyl (C=O) groups is 1. The van der Waals surface area contributed by atoms with Crippen molar-refractivity contribution in [3.8, 4) is 0 Å². The molecule has 0 aliphatic heterocycles. The zero-order valence-electron chi connectivity index (χ0n) is 21.2. The first-order valence-corrected chi connectivity index (χ1v) is 13.2. The molecule has 0 aromatic rings. The van der Waals surface area contributed by atoms with Crippen LogP contribution in [-0.4, -0.2) is 36.2 Å². The average Bonchev–Trinajstić information content (AvgIpc) is 2.72. The van der Waals surface area contributed by atoms with Crippen LogP contribution in [0.4, 0.5) is 0 Å². The molecule has 1 amide bonds. The second-order valence-electron chi connectivity index (χ2n) is 9.11. The molecule has 0 spiro atoms. The molecule has 0 aliphatic rings. The van der Waals surface area contributed by atoms with E-state index >= 15 is 0 Å². The fraction of sp³-hybridized carbons (Fsp3) is 0.962. The van der Waals surface area contributed by atoms with Crippen LogP contribution in [0.1, 0.15) is 137 Å². The van der Waals surface area contributed by atoms with Crippen LogP contribution in [0.3, 0.4) is 0 Å². The van der Waals surface area contributed by atoms with Gasteiger partial charge >= 0.3 is 0 Å². The summed E-state index contributed by atoms with van der Waals surface area (Å²) in [5.41, 5.74) is 0. The van der Waals surface area contributed by atoms with Crippen molar-refractivity contribution in [2.75, 3.05) is 19.6 Å². The first-order chi connectivity index (χ1) is 14.1. The van der Waals surface area contributed by atoms with Gasteiger partial charge in [-0.15, -0.1) is 0 Å². The highest BCUT2D eigenvalue weighted by molar-refractivity contribution is 5.75. The summed E-state index contributed by atoms with van der Waals surface area (Å²) in [5.74, 6) is 0.241. The number of quaternary nitrogens is 1. The van der Waals surface area contributed by atoms with Crippen molar-refractivity contribution in [3.05, 3.63) is 0 Å². The SMILES string of the molecule is CCCCCCCCCCCCCCCCCC(=O)NC(C)[N+](CC)(CC)CC.[Cl-]. The van der Waals surface area contributed by atoms with E-state index in [9.17, 15) is 4.79 Å². The van der Waals surface area contributed by atoms with Crippen molar-refractivity contribution in [1.82, 2.24) is 5.32 Å². The van der Waals surface area contributed by atoms with E-state index in [0.717, 1.165) is 30.5 Å². The van der Waals surface area contributed by atoms with Crippen molar-refractivity contribution in [3.63, 3.8) is 0 Å². The van der Waals surface area contributed by atoms with Gasteiger partial charge in [0.15, 0.2) is 6.17 Å². The number of halogens is 1. The number of unbranched alkanes of at least 4 members (excludes halogenated alkanes) is 14. The molecule has 0 heterocycles. The van der Waals surface area contributed by atoms with E-state index in [1.54, 1.807) is 0 Å². The highest BCUT2D eigenvalue weighted by Gasteiger charge is 2.29. The molecular weight excluding hydrogens is 392 g/mol. The van der Waals surface area contributed by atoms with Gasteiger partial charge in [-0.3, -0.25) is 4.79 Å². The van der Waals surface area contributed by atoms with E-state index in [1.165, 1.54) is 89.9 Å². The standard InChI is InChI=1S/C26H54N2O.ClH/c1-6-10-11-12-13-14-15-16-17-18-19-20-21-22-23-24-26(29)27-25(5)28(7-2,8-3)9-4;/h25H,6-24H2,1-5H3;1H. The zero-order chi connectivity index (χ0) is 21.8. The molecule has 182 valence electrons. The lowest BCUT2D eigenvalue weighted by atomic mass is 10.0. The predicted molar refractivity (Wildman–Crippen MR) is 129 cm³/mol. The monoisotopic (exact) mass is 446 g/mol. The quantitative estimate of drug-likeness (QED) is 0.156. The van der Waals surface area contributed by atoms with Crippen LogP contribution in [0, 0.1) is 0 Å². The van der Waals surface area contributed by atoms with Crippen molar-refractivity contribution < 1.29 is 21.7 Å². The molecule has 0 saturated heterocycles. The second kappa shape index (κ2) is 21.9. The third-order valence-electron chi connectivity index (χ3n) is 7.09. The van der Waals surface area contributed by atoms with Gasteiger partial charge < -0.3 is 22.2 Å². The summed E-state index contributed by atoms with van der Waals surface area (Å²) in [6, 6.07) is 0. The van der Waals surface area contributed by atoms with Gasteiger partial charge in [-0.25, -0.2) is 0 Å². The summed E-state index contributed by atoms with van der Waals surface area (Å²) in [6.45, 7) is 14.4. The molecule has 0 radical (unpaired) electrons. The van der Waals surface area contributed by atoms with E-state index in [4.69, 9.17) is 0 Å². The van der Waals surface area contributed by atoms with Gasteiger partial charge in [-0.2, -0.15) is 0 Å². The highest BCUT2D eigenvalue weighted by Crippen LogP contribution is 2.14. The third-order valence-corrected chi connectivity index (χ3v) is 7.09. The first-order valence-electron chi connectivity index (χ1n) is 13.2. The molecule has 30 heavy (non-hydrogen) atoms. The van der Waals surface area contributed by atoms with E-state index in [1.807, 2.05) is 0 Å². The van der Waals surface area contributed by atoms with Crippen molar-refractivity contribution >= 4 is 5.91 Å². The van der Waals surface area contributed by atoms with Crippen LogP contribution in [-0.2, 0) is 4.79 Å². The normalized spacial score (nSPS) is 12.4. The van der Waals surface area contributed by atoms with E-state index in [0.29, 0.717) is 6.42 Å². The minimum Gasteiger partial charge on any atom is -1.00 e. The Morgan fingerprint density at radius 3 is 1.30 bits per heavy atom. The Labute approximate surface area is 196 Å². The van der Waals surface area contributed by atoms with Crippen LogP contribution < -0.4 is 17.7 Å². The number of nitrogens with one attached hydrogen (secondary N) is 1. The fourth-order valence-corrected chi connectivity index (χ4v) is 4.59. The number of nitrogens with zero attached hydrogens (tertiary/aromatic N) is 1. The van der Waals surface area contributed by atoms with Gasteiger partial charge in [-0.05, 0) is 27.2 Å².